The van der Waals surface area contributed by atoms with E-state index in [0.717, 1.165) is 0 Å². The Labute approximate surface area is 81.4 Å². The molecule has 0 spiro atoms. The number of aliphatic carboxylic acids is 1. The van der Waals surface area contributed by atoms with Gasteiger partial charge in [-0.15, -0.1) is 0 Å². The van der Waals surface area contributed by atoms with Gasteiger partial charge in [-0.25, -0.2) is 4.79 Å². The van der Waals surface area contributed by atoms with Crippen LogP contribution in [0.25, 0.3) is 0 Å². The molecule has 0 amide bonds. The number of carboxylic acids is 1. The molecule has 0 aliphatic rings. The van der Waals surface area contributed by atoms with Crippen LogP contribution in [0.3, 0.4) is 0 Å². The Morgan fingerprint density at radius 3 is 2.29 bits per heavy atom. The lowest BCUT2D eigenvalue weighted by atomic mass is 9.90. The zero-order valence-electron chi connectivity index (χ0n) is 7.71. The summed E-state index contributed by atoms with van der Waals surface area (Å²) in [5, 5.41) is 27.6. The molecule has 0 aliphatic heterocycles. The average molecular weight is 196 g/mol. The van der Waals surface area contributed by atoms with Crippen molar-refractivity contribution in [2.24, 2.45) is 0 Å². The molecule has 14 heavy (non-hydrogen) atoms. The van der Waals surface area contributed by atoms with Crippen LogP contribution in [0, 0.1) is 0 Å². The molecule has 76 valence electrons. The van der Waals surface area contributed by atoms with Crippen molar-refractivity contribution in [3.8, 4) is 0 Å². The summed E-state index contributed by atoms with van der Waals surface area (Å²) in [5.41, 5.74) is -1.40. The number of rotatable bonds is 3. The van der Waals surface area contributed by atoms with Gasteiger partial charge < -0.3 is 15.3 Å². The molecular formula is C10H12O4. The third-order valence-electron chi connectivity index (χ3n) is 2.12. The fourth-order valence-corrected chi connectivity index (χ4v) is 1.17. The summed E-state index contributed by atoms with van der Waals surface area (Å²) in [6.07, 6.45) is -1.83. The molecule has 0 radical (unpaired) electrons. The van der Waals surface area contributed by atoms with E-state index in [0.29, 0.717) is 5.56 Å². The summed E-state index contributed by atoms with van der Waals surface area (Å²) < 4.78 is 0. The molecule has 1 aromatic carbocycles. The third kappa shape index (κ3) is 1.92. The van der Waals surface area contributed by atoms with Crippen LogP contribution in [0.4, 0.5) is 0 Å². The minimum Gasteiger partial charge on any atom is -0.479 e. The van der Waals surface area contributed by atoms with Gasteiger partial charge in [0.25, 0.3) is 0 Å². The van der Waals surface area contributed by atoms with Crippen molar-refractivity contribution < 1.29 is 20.1 Å². The van der Waals surface area contributed by atoms with Gasteiger partial charge in [-0.2, -0.15) is 0 Å². The van der Waals surface area contributed by atoms with Crippen molar-refractivity contribution in [2.45, 2.75) is 18.6 Å². The smallest absolute Gasteiger partial charge is 0.335 e. The Hall–Kier alpha value is -1.39. The van der Waals surface area contributed by atoms with E-state index in [-0.39, 0.29) is 0 Å². The summed E-state index contributed by atoms with van der Waals surface area (Å²) in [5.74, 6) is -1.45. The highest BCUT2D eigenvalue weighted by Crippen LogP contribution is 2.24. The highest BCUT2D eigenvalue weighted by atomic mass is 16.4. The van der Waals surface area contributed by atoms with Gasteiger partial charge in [-0.1, -0.05) is 30.3 Å². The van der Waals surface area contributed by atoms with E-state index >= 15 is 0 Å². The van der Waals surface area contributed by atoms with Crippen LogP contribution < -0.4 is 0 Å². The maximum absolute atomic E-state index is 10.5. The minimum absolute atomic E-state index is 0.370. The maximum atomic E-state index is 10.5. The van der Waals surface area contributed by atoms with Crippen LogP contribution in [-0.2, 0) is 10.4 Å². The Balaban J connectivity index is 3.02. The second-order valence-corrected chi connectivity index (χ2v) is 3.25. The van der Waals surface area contributed by atoms with E-state index in [9.17, 15) is 15.0 Å². The van der Waals surface area contributed by atoms with Gasteiger partial charge in [-0.05, 0) is 12.5 Å². The molecule has 1 rings (SSSR count). The van der Waals surface area contributed by atoms with E-state index < -0.39 is 17.7 Å². The molecular weight excluding hydrogens is 184 g/mol. The molecule has 4 heteroatoms. The van der Waals surface area contributed by atoms with Crippen LogP contribution in [0.2, 0.25) is 0 Å². The first-order valence-electron chi connectivity index (χ1n) is 4.15. The molecule has 0 aromatic heterocycles. The lowest BCUT2D eigenvalue weighted by Gasteiger charge is -2.26. The van der Waals surface area contributed by atoms with Crippen molar-refractivity contribution in [2.75, 3.05) is 0 Å². The normalized spacial score (nSPS) is 17.1. The molecule has 0 bridgehead atoms. The number of hydrogen-bond donors (Lipinski definition) is 3. The predicted molar refractivity (Wildman–Crippen MR) is 49.7 cm³/mol. The van der Waals surface area contributed by atoms with Crippen molar-refractivity contribution >= 4 is 5.97 Å². The van der Waals surface area contributed by atoms with Gasteiger partial charge in [0, 0.05) is 0 Å². The Bertz CT molecular complexity index is 318. The zero-order chi connectivity index (χ0) is 10.8. The summed E-state index contributed by atoms with van der Waals surface area (Å²) in [7, 11) is 0. The summed E-state index contributed by atoms with van der Waals surface area (Å²) >= 11 is 0. The number of carboxylic acid groups (broad SMARTS) is 1. The van der Waals surface area contributed by atoms with Crippen molar-refractivity contribution in [3.63, 3.8) is 0 Å². The topological polar surface area (TPSA) is 77.8 Å². The van der Waals surface area contributed by atoms with Gasteiger partial charge in [0.15, 0.2) is 6.10 Å². The van der Waals surface area contributed by atoms with Crippen molar-refractivity contribution in [1.29, 1.82) is 0 Å². The monoisotopic (exact) mass is 196 g/mol. The maximum Gasteiger partial charge on any atom is 0.335 e. The van der Waals surface area contributed by atoms with Gasteiger partial charge in [0.1, 0.15) is 5.60 Å². The van der Waals surface area contributed by atoms with Crippen LogP contribution in [0.15, 0.2) is 30.3 Å². The SMILES string of the molecule is C[C@](O)(c1ccccc1)[C@@H](O)C(=O)O. The fraction of sp³-hybridized carbons (Fsp3) is 0.300. The standard InChI is InChI=1S/C10H12O4/c1-10(14,8(11)9(12)13)7-5-3-2-4-6-7/h2-6,8,11,14H,1H3,(H,12,13)/t8-,10-/m0/s1. The summed E-state index contributed by atoms with van der Waals surface area (Å²) in [4.78, 5) is 10.5. The van der Waals surface area contributed by atoms with Crippen LogP contribution in [0.5, 0.6) is 0 Å². The number of carbonyl (C=O) groups is 1. The van der Waals surface area contributed by atoms with E-state index in [2.05, 4.69) is 0 Å². The predicted octanol–water partition coefficient (Wildman–Crippen LogP) is 0.340. The van der Waals surface area contributed by atoms with E-state index in [4.69, 9.17) is 5.11 Å². The Morgan fingerprint density at radius 1 is 1.36 bits per heavy atom. The van der Waals surface area contributed by atoms with Gasteiger partial charge in [0.2, 0.25) is 0 Å². The number of benzene rings is 1. The molecule has 0 aliphatic carbocycles. The van der Waals surface area contributed by atoms with Crippen molar-refractivity contribution in [1.82, 2.24) is 0 Å². The first-order valence-corrected chi connectivity index (χ1v) is 4.15. The van der Waals surface area contributed by atoms with Crippen molar-refractivity contribution in [3.05, 3.63) is 35.9 Å². The lowest BCUT2D eigenvalue weighted by Crippen LogP contribution is -2.42. The average Bonchev–Trinajstić information content (AvgIpc) is 2.18. The third-order valence-corrected chi connectivity index (χ3v) is 2.12. The zero-order valence-corrected chi connectivity index (χ0v) is 7.71. The molecule has 0 unspecified atom stereocenters. The number of aliphatic hydroxyl groups is 2. The highest BCUT2D eigenvalue weighted by Gasteiger charge is 2.37. The molecule has 4 nitrogen and oxygen atoms in total. The Kier molecular flexibility index (Phi) is 2.88. The molecule has 2 atom stereocenters. The minimum atomic E-state index is -1.83. The second-order valence-electron chi connectivity index (χ2n) is 3.25. The van der Waals surface area contributed by atoms with E-state index in [1.165, 1.54) is 6.92 Å². The molecule has 0 saturated heterocycles. The number of hydrogen-bond acceptors (Lipinski definition) is 3. The first-order chi connectivity index (χ1) is 6.46. The van der Waals surface area contributed by atoms with Crippen LogP contribution >= 0.6 is 0 Å². The lowest BCUT2D eigenvalue weighted by molar-refractivity contribution is -0.162. The molecule has 0 saturated carbocycles. The summed E-state index contributed by atoms with van der Waals surface area (Å²) in [6, 6.07) is 8.20. The molecule has 0 fully saturated rings. The number of aliphatic hydroxyl groups excluding tert-OH is 1. The van der Waals surface area contributed by atoms with Crippen LogP contribution in [-0.4, -0.2) is 27.4 Å². The largest absolute Gasteiger partial charge is 0.479 e. The van der Waals surface area contributed by atoms with Gasteiger partial charge in [0.05, 0.1) is 0 Å². The molecule has 0 heterocycles. The molecule has 1 aromatic rings. The fourth-order valence-electron chi connectivity index (χ4n) is 1.17. The van der Waals surface area contributed by atoms with E-state index in [1.54, 1.807) is 30.3 Å². The van der Waals surface area contributed by atoms with E-state index in [1.807, 2.05) is 0 Å². The second kappa shape index (κ2) is 3.77. The van der Waals surface area contributed by atoms with Gasteiger partial charge >= 0.3 is 5.97 Å². The van der Waals surface area contributed by atoms with Gasteiger partial charge in [-0.3, -0.25) is 0 Å². The van der Waals surface area contributed by atoms with Crippen LogP contribution in [0.1, 0.15) is 12.5 Å². The quantitative estimate of drug-likeness (QED) is 0.651. The summed E-state index contributed by atoms with van der Waals surface area (Å²) in [6.45, 7) is 1.27. The molecule has 3 N–H and O–H groups in total. The first kappa shape index (κ1) is 10.7. The highest BCUT2D eigenvalue weighted by molar-refractivity contribution is 5.74. The Morgan fingerprint density at radius 2 is 1.86 bits per heavy atom.